The highest BCUT2D eigenvalue weighted by atomic mass is 35.5. The summed E-state index contributed by atoms with van der Waals surface area (Å²) in [5.74, 6) is 0.661. The van der Waals surface area contributed by atoms with Crippen LogP contribution in [-0.2, 0) is 11.3 Å². The van der Waals surface area contributed by atoms with Gasteiger partial charge in [-0.25, -0.2) is 4.98 Å². The number of carbonyl (C=O) groups excluding carboxylic acids is 1. The van der Waals surface area contributed by atoms with Crippen LogP contribution in [0.3, 0.4) is 0 Å². The highest BCUT2D eigenvalue weighted by Crippen LogP contribution is 2.23. The second-order valence-corrected chi connectivity index (χ2v) is 7.44. The summed E-state index contributed by atoms with van der Waals surface area (Å²) >= 11 is 5.90. The van der Waals surface area contributed by atoms with Crippen LogP contribution < -0.4 is 4.74 Å². The zero-order valence-electron chi connectivity index (χ0n) is 15.3. The van der Waals surface area contributed by atoms with Gasteiger partial charge in [0, 0.05) is 56.7 Å². The third-order valence-electron chi connectivity index (χ3n) is 4.59. The van der Waals surface area contributed by atoms with E-state index in [0.29, 0.717) is 10.8 Å². The number of amides is 1. The Balaban J connectivity index is 1.49. The summed E-state index contributed by atoms with van der Waals surface area (Å²) in [6.45, 7) is 8.69. The van der Waals surface area contributed by atoms with Gasteiger partial charge >= 0.3 is 0 Å². The van der Waals surface area contributed by atoms with Gasteiger partial charge in [0.25, 0.3) is 5.91 Å². The van der Waals surface area contributed by atoms with Crippen molar-refractivity contribution < 1.29 is 9.53 Å². The standard InChI is InChI=1S/C19H25ClN4O2/c1-19(2,26-17-5-3-16(20)4-6-17)18(25)24-13-11-22(12-14-24)9-10-23-8-7-21-15-23/h3-8,15H,9-14H2,1-2H3. The van der Waals surface area contributed by atoms with Crippen LogP contribution >= 0.6 is 11.6 Å². The van der Waals surface area contributed by atoms with Gasteiger partial charge in [0.15, 0.2) is 5.60 Å². The lowest BCUT2D eigenvalue weighted by Gasteiger charge is -2.38. The molecule has 0 aliphatic carbocycles. The highest BCUT2D eigenvalue weighted by Gasteiger charge is 2.35. The third-order valence-corrected chi connectivity index (χ3v) is 4.85. The molecule has 1 aliphatic rings. The monoisotopic (exact) mass is 376 g/mol. The molecule has 1 saturated heterocycles. The zero-order valence-corrected chi connectivity index (χ0v) is 16.0. The minimum absolute atomic E-state index is 0.0155. The van der Waals surface area contributed by atoms with E-state index < -0.39 is 5.60 Å². The second-order valence-electron chi connectivity index (χ2n) is 7.00. The number of piperazine rings is 1. The molecule has 0 radical (unpaired) electrons. The first kappa shape index (κ1) is 18.7. The topological polar surface area (TPSA) is 50.6 Å². The molecule has 3 rings (SSSR count). The number of imidazole rings is 1. The molecular formula is C19H25ClN4O2. The van der Waals surface area contributed by atoms with E-state index in [1.807, 2.05) is 31.3 Å². The van der Waals surface area contributed by atoms with Gasteiger partial charge in [0.05, 0.1) is 6.33 Å². The van der Waals surface area contributed by atoms with Gasteiger partial charge < -0.3 is 14.2 Å². The molecule has 6 nitrogen and oxygen atoms in total. The molecule has 140 valence electrons. The molecule has 0 N–H and O–H groups in total. The van der Waals surface area contributed by atoms with Crippen LogP contribution in [0.1, 0.15) is 13.8 Å². The molecule has 0 atom stereocenters. The van der Waals surface area contributed by atoms with Crippen LogP contribution in [-0.4, -0.2) is 63.6 Å². The third kappa shape index (κ3) is 4.77. The van der Waals surface area contributed by atoms with Crippen molar-refractivity contribution in [1.82, 2.24) is 19.4 Å². The molecule has 26 heavy (non-hydrogen) atoms. The first-order valence-electron chi connectivity index (χ1n) is 8.86. The molecule has 7 heteroatoms. The molecule has 1 aliphatic heterocycles. The predicted molar refractivity (Wildman–Crippen MR) is 101 cm³/mol. The quantitative estimate of drug-likeness (QED) is 0.777. The maximum Gasteiger partial charge on any atom is 0.266 e. The van der Waals surface area contributed by atoms with Crippen LogP contribution in [0.15, 0.2) is 43.0 Å². The number of carbonyl (C=O) groups is 1. The smallest absolute Gasteiger partial charge is 0.266 e. The van der Waals surface area contributed by atoms with E-state index in [2.05, 4.69) is 14.5 Å². The molecule has 0 bridgehead atoms. The van der Waals surface area contributed by atoms with Crippen LogP contribution in [0.4, 0.5) is 0 Å². The Labute approximate surface area is 159 Å². The maximum absolute atomic E-state index is 12.9. The van der Waals surface area contributed by atoms with Gasteiger partial charge in [0.1, 0.15) is 5.75 Å². The summed E-state index contributed by atoms with van der Waals surface area (Å²) in [5.41, 5.74) is -0.910. The van der Waals surface area contributed by atoms with Crippen LogP contribution in [0, 0.1) is 0 Å². The van der Waals surface area contributed by atoms with Crippen LogP contribution in [0.25, 0.3) is 0 Å². The Kier molecular flexibility index (Phi) is 5.84. The van der Waals surface area contributed by atoms with Gasteiger partial charge in [-0.2, -0.15) is 0 Å². The van der Waals surface area contributed by atoms with Crippen molar-refractivity contribution in [3.8, 4) is 5.75 Å². The van der Waals surface area contributed by atoms with Crippen molar-refractivity contribution in [3.05, 3.63) is 48.0 Å². The Morgan fingerprint density at radius 2 is 1.85 bits per heavy atom. The van der Waals surface area contributed by atoms with E-state index in [9.17, 15) is 4.79 Å². The van der Waals surface area contributed by atoms with Gasteiger partial charge in [-0.05, 0) is 38.1 Å². The summed E-state index contributed by atoms with van der Waals surface area (Å²) in [7, 11) is 0. The van der Waals surface area contributed by atoms with E-state index in [4.69, 9.17) is 16.3 Å². The first-order valence-corrected chi connectivity index (χ1v) is 9.24. The largest absolute Gasteiger partial charge is 0.478 e. The highest BCUT2D eigenvalue weighted by molar-refractivity contribution is 6.30. The van der Waals surface area contributed by atoms with E-state index in [1.54, 1.807) is 30.5 Å². The van der Waals surface area contributed by atoms with Crippen molar-refractivity contribution in [1.29, 1.82) is 0 Å². The minimum atomic E-state index is -0.910. The normalized spacial score (nSPS) is 15.9. The van der Waals surface area contributed by atoms with E-state index in [-0.39, 0.29) is 5.91 Å². The molecular weight excluding hydrogens is 352 g/mol. The molecule has 2 heterocycles. The fourth-order valence-corrected chi connectivity index (χ4v) is 3.20. The number of benzene rings is 1. The lowest BCUT2D eigenvalue weighted by molar-refractivity contribution is -0.147. The molecule has 1 aromatic carbocycles. The predicted octanol–water partition coefficient (Wildman–Crippen LogP) is 2.54. The van der Waals surface area contributed by atoms with E-state index in [1.165, 1.54) is 0 Å². The lowest BCUT2D eigenvalue weighted by Crippen LogP contribution is -2.56. The summed E-state index contributed by atoms with van der Waals surface area (Å²) < 4.78 is 7.99. The van der Waals surface area contributed by atoms with Gasteiger partial charge in [-0.3, -0.25) is 9.69 Å². The number of nitrogens with zero attached hydrogens (tertiary/aromatic N) is 4. The first-order chi connectivity index (χ1) is 12.4. The molecule has 1 amide bonds. The number of hydrogen-bond donors (Lipinski definition) is 0. The fourth-order valence-electron chi connectivity index (χ4n) is 3.07. The van der Waals surface area contributed by atoms with E-state index in [0.717, 1.165) is 39.3 Å². The molecule has 1 aromatic heterocycles. The average molecular weight is 377 g/mol. The van der Waals surface area contributed by atoms with Crippen LogP contribution in [0.5, 0.6) is 5.75 Å². The Hall–Kier alpha value is -2.05. The Morgan fingerprint density at radius 1 is 1.15 bits per heavy atom. The SMILES string of the molecule is CC(C)(Oc1ccc(Cl)cc1)C(=O)N1CCN(CCn2ccnc2)CC1. The maximum atomic E-state index is 12.9. The van der Waals surface area contributed by atoms with Gasteiger partial charge in [-0.15, -0.1) is 0 Å². The summed E-state index contributed by atoms with van der Waals surface area (Å²) in [4.78, 5) is 21.2. The summed E-state index contributed by atoms with van der Waals surface area (Å²) in [5, 5.41) is 0.647. The van der Waals surface area contributed by atoms with Crippen molar-refractivity contribution >= 4 is 17.5 Å². The minimum Gasteiger partial charge on any atom is -0.478 e. The summed E-state index contributed by atoms with van der Waals surface area (Å²) in [6.07, 6.45) is 5.59. The van der Waals surface area contributed by atoms with Crippen LogP contribution in [0.2, 0.25) is 5.02 Å². The second kappa shape index (κ2) is 8.10. The van der Waals surface area contributed by atoms with Crippen molar-refractivity contribution in [2.75, 3.05) is 32.7 Å². The number of rotatable bonds is 6. The molecule has 0 unspecified atom stereocenters. The number of aromatic nitrogens is 2. The zero-order chi connectivity index (χ0) is 18.6. The average Bonchev–Trinajstić information content (AvgIpc) is 3.15. The number of halogens is 1. The molecule has 0 saturated carbocycles. The fraction of sp³-hybridized carbons (Fsp3) is 0.474. The van der Waals surface area contributed by atoms with Crippen molar-refractivity contribution in [2.45, 2.75) is 26.0 Å². The van der Waals surface area contributed by atoms with Crippen molar-refractivity contribution in [3.63, 3.8) is 0 Å². The molecule has 0 spiro atoms. The Bertz CT molecular complexity index is 708. The van der Waals surface area contributed by atoms with Gasteiger partial charge in [-0.1, -0.05) is 11.6 Å². The summed E-state index contributed by atoms with van der Waals surface area (Å²) in [6, 6.07) is 7.09. The molecule has 2 aromatic rings. The molecule has 1 fully saturated rings. The lowest BCUT2D eigenvalue weighted by atomic mass is 10.1. The Morgan fingerprint density at radius 3 is 2.46 bits per heavy atom. The number of hydrogen-bond acceptors (Lipinski definition) is 4. The van der Waals surface area contributed by atoms with Gasteiger partial charge in [0.2, 0.25) is 0 Å². The van der Waals surface area contributed by atoms with E-state index >= 15 is 0 Å². The number of ether oxygens (including phenoxy) is 1. The van der Waals surface area contributed by atoms with Crippen molar-refractivity contribution in [2.24, 2.45) is 0 Å².